The van der Waals surface area contributed by atoms with Crippen LogP contribution in [-0.4, -0.2) is 27.3 Å². The number of nitrogen functional groups attached to an aromatic ring is 1. The summed E-state index contributed by atoms with van der Waals surface area (Å²) in [6, 6.07) is 7.07. The first kappa shape index (κ1) is 16.1. The van der Waals surface area contributed by atoms with E-state index < -0.39 is 10.0 Å². The second-order valence-electron chi connectivity index (χ2n) is 5.73. The quantitative estimate of drug-likeness (QED) is 0.721. The Morgan fingerprint density at radius 2 is 2.05 bits per heavy atom. The van der Waals surface area contributed by atoms with Gasteiger partial charge in [0, 0.05) is 6.54 Å². The molecule has 0 aliphatic heterocycles. The smallest absolute Gasteiger partial charge is 0.214 e. The number of nitrogens with one attached hydrogen (secondary N) is 1. The molecule has 5 nitrogen and oxygen atoms in total. The number of para-hydroxylation sites is 2. The lowest BCUT2D eigenvalue weighted by Crippen LogP contribution is -2.42. The van der Waals surface area contributed by atoms with E-state index in [9.17, 15) is 8.42 Å². The normalized spacial score (nSPS) is 17.2. The van der Waals surface area contributed by atoms with E-state index in [0.29, 0.717) is 18.0 Å². The zero-order valence-electron chi connectivity index (χ0n) is 12.5. The molecule has 0 heterocycles. The number of anilines is 1. The fourth-order valence-electron chi connectivity index (χ4n) is 2.54. The standard InChI is InChI=1S/C15H24N2O3S/c1-2-15(8-5-9-15)12-17-21(18,19)11-10-20-14-7-4-3-6-13(14)16/h3-4,6-7,17H,2,5,8-12,16H2,1H3. The second-order valence-corrected chi connectivity index (χ2v) is 7.66. The van der Waals surface area contributed by atoms with Gasteiger partial charge in [-0.2, -0.15) is 0 Å². The Kier molecular flexibility index (Phi) is 5.11. The van der Waals surface area contributed by atoms with Crippen LogP contribution in [0, 0.1) is 5.41 Å². The average molecular weight is 312 g/mol. The Bertz CT molecular complexity index is 563. The highest BCUT2D eigenvalue weighted by Crippen LogP contribution is 2.43. The largest absolute Gasteiger partial charge is 0.490 e. The summed E-state index contributed by atoms with van der Waals surface area (Å²) in [7, 11) is -3.30. The van der Waals surface area contributed by atoms with E-state index in [-0.39, 0.29) is 17.8 Å². The minimum atomic E-state index is -3.30. The Morgan fingerprint density at radius 3 is 2.62 bits per heavy atom. The SMILES string of the molecule is CCC1(CNS(=O)(=O)CCOc2ccccc2N)CCC1. The highest BCUT2D eigenvalue weighted by atomic mass is 32.2. The van der Waals surface area contributed by atoms with E-state index in [2.05, 4.69) is 11.6 Å². The maximum Gasteiger partial charge on any atom is 0.214 e. The maximum atomic E-state index is 12.0. The van der Waals surface area contributed by atoms with Gasteiger partial charge >= 0.3 is 0 Å². The van der Waals surface area contributed by atoms with Gasteiger partial charge < -0.3 is 10.5 Å². The van der Waals surface area contributed by atoms with E-state index in [4.69, 9.17) is 10.5 Å². The van der Waals surface area contributed by atoms with E-state index in [1.807, 2.05) is 6.07 Å². The van der Waals surface area contributed by atoms with Crippen molar-refractivity contribution >= 4 is 15.7 Å². The van der Waals surface area contributed by atoms with Crippen molar-refractivity contribution < 1.29 is 13.2 Å². The van der Waals surface area contributed by atoms with Crippen LogP contribution >= 0.6 is 0 Å². The lowest BCUT2D eigenvalue weighted by Gasteiger charge is -2.41. The van der Waals surface area contributed by atoms with Gasteiger partial charge in [0.1, 0.15) is 12.4 Å². The summed E-state index contributed by atoms with van der Waals surface area (Å²) >= 11 is 0. The van der Waals surface area contributed by atoms with Crippen LogP contribution in [0.5, 0.6) is 5.75 Å². The van der Waals surface area contributed by atoms with Crippen LogP contribution in [0.4, 0.5) is 5.69 Å². The van der Waals surface area contributed by atoms with Crippen LogP contribution in [0.2, 0.25) is 0 Å². The van der Waals surface area contributed by atoms with Gasteiger partial charge in [0.2, 0.25) is 10.0 Å². The highest BCUT2D eigenvalue weighted by Gasteiger charge is 2.35. The fraction of sp³-hybridized carbons (Fsp3) is 0.600. The maximum absolute atomic E-state index is 12.0. The summed E-state index contributed by atoms with van der Waals surface area (Å²) in [5.41, 5.74) is 6.43. The first-order valence-corrected chi connectivity index (χ1v) is 9.06. The first-order valence-electron chi connectivity index (χ1n) is 7.41. The van der Waals surface area contributed by atoms with Gasteiger partial charge in [0.05, 0.1) is 11.4 Å². The van der Waals surface area contributed by atoms with E-state index >= 15 is 0 Å². The molecule has 0 atom stereocenters. The number of ether oxygens (including phenoxy) is 1. The first-order chi connectivity index (χ1) is 9.96. The Labute approximate surface area is 126 Å². The Hall–Kier alpha value is -1.27. The van der Waals surface area contributed by atoms with Crippen molar-refractivity contribution in [3.05, 3.63) is 24.3 Å². The molecule has 1 aromatic rings. The monoisotopic (exact) mass is 312 g/mol. The van der Waals surface area contributed by atoms with Gasteiger partial charge in [-0.3, -0.25) is 0 Å². The number of sulfonamides is 1. The topological polar surface area (TPSA) is 81.4 Å². The van der Waals surface area contributed by atoms with Crippen LogP contribution in [0.25, 0.3) is 0 Å². The highest BCUT2D eigenvalue weighted by molar-refractivity contribution is 7.89. The number of nitrogens with two attached hydrogens (primary N) is 1. The number of rotatable bonds is 8. The molecule has 1 aliphatic rings. The average Bonchev–Trinajstić information content (AvgIpc) is 2.40. The van der Waals surface area contributed by atoms with Crippen molar-refractivity contribution in [3.8, 4) is 5.75 Å². The Balaban J connectivity index is 1.78. The molecule has 0 saturated heterocycles. The summed E-state index contributed by atoms with van der Waals surface area (Å²) in [5, 5.41) is 0. The summed E-state index contributed by atoms with van der Waals surface area (Å²) in [4.78, 5) is 0. The third-order valence-electron chi connectivity index (χ3n) is 4.36. The molecule has 1 aromatic carbocycles. The van der Waals surface area contributed by atoms with Crippen molar-refractivity contribution in [2.24, 2.45) is 5.41 Å². The molecule has 0 aromatic heterocycles. The molecule has 0 amide bonds. The van der Waals surface area contributed by atoms with Crippen molar-refractivity contribution in [1.82, 2.24) is 4.72 Å². The van der Waals surface area contributed by atoms with E-state index in [0.717, 1.165) is 19.3 Å². The summed E-state index contributed by atoms with van der Waals surface area (Å²) in [5.74, 6) is 0.470. The van der Waals surface area contributed by atoms with Gasteiger partial charge in [-0.1, -0.05) is 25.5 Å². The van der Waals surface area contributed by atoms with Crippen molar-refractivity contribution in [2.75, 3.05) is 24.6 Å². The molecule has 0 radical (unpaired) electrons. The third kappa shape index (κ3) is 4.35. The summed E-state index contributed by atoms with van der Waals surface area (Å²) in [6.45, 7) is 2.76. The number of benzene rings is 1. The summed E-state index contributed by atoms with van der Waals surface area (Å²) in [6.07, 6.45) is 4.45. The Morgan fingerprint density at radius 1 is 1.33 bits per heavy atom. The lowest BCUT2D eigenvalue weighted by atomic mass is 9.67. The van der Waals surface area contributed by atoms with E-state index in [1.54, 1.807) is 18.2 Å². The molecule has 0 spiro atoms. The van der Waals surface area contributed by atoms with Gasteiger partial charge in [-0.05, 0) is 36.8 Å². The molecular weight excluding hydrogens is 288 g/mol. The van der Waals surface area contributed by atoms with E-state index in [1.165, 1.54) is 6.42 Å². The van der Waals surface area contributed by atoms with Gasteiger partial charge in [-0.25, -0.2) is 13.1 Å². The minimum Gasteiger partial charge on any atom is -0.490 e. The van der Waals surface area contributed by atoms with Crippen LogP contribution in [0.3, 0.4) is 0 Å². The predicted molar refractivity (Wildman–Crippen MR) is 84.7 cm³/mol. The molecule has 0 unspecified atom stereocenters. The fourth-order valence-corrected chi connectivity index (χ4v) is 3.51. The molecule has 1 aliphatic carbocycles. The van der Waals surface area contributed by atoms with Crippen molar-refractivity contribution in [1.29, 1.82) is 0 Å². The minimum absolute atomic E-state index is 0.0544. The molecule has 2 rings (SSSR count). The summed E-state index contributed by atoms with van der Waals surface area (Å²) < 4.78 is 32.1. The molecule has 1 fully saturated rings. The van der Waals surface area contributed by atoms with Crippen molar-refractivity contribution in [2.45, 2.75) is 32.6 Å². The third-order valence-corrected chi connectivity index (χ3v) is 5.65. The van der Waals surface area contributed by atoms with Gasteiger partial charge in [0.25, 0.3) is 0 Å². The van der Waals surface area contributed by atoms with Crippen LogP contribution in [-0.2, 0) is 10.0 Å². The molecular formula is C15H24N2O3S. The molecule has 118 valence electrons. The van der Waals surface area contributed by atoms with Crippen LogP contribution in [0.1, 0.15) is 32.6 Å². The molecule has 1 saturated carbocycles. The molecule has 0 bridgehead atoms. The van der Waals surface area contributed by atoms with Crippen molar-refractivity contribution in [3.63, 3.8) is 0 Å². The number of hydrogen-bond donors (Lipinski definition) is 2. The zero-order valence-corrected chi connectivity index (χ0v) is 13.3. The van der Waals surface area contributed by atoms with Gasteiger partial charge in [-0.15, -0.1) is 0 Å². The predicted octanol–water partition coefficient (Wildman–Crippen LogP) is 2.15. The van der Waals surface area contributed by atoms with Crippen LogP contribution < -0.4 is 15.2 Å². The van der Waals surface area contributed by atoms with Crippen LogP contribution in [0.15, 0.2) is 24.3 Å². The molecule has 6 heteroatoms. The van der Waals surface area contributed by atoms with Gasteiger partial charge in [0.15, 0.2) is 0 Å². The lowest BCUT2D eigenvalue weighted by molar-refractivity contribution is 0.133. The second kappa shape index (κ2) is 6.66. The molecule has 21 heavy (non-hydrogen) atoms. The molecule has 3 N–H and O–H groups in total. The number of hydrogen-bond acceptors (Lipinski definition) is 4. The zero-order chi connectivity index (χ0) is 15.3.